The van der Waals surface area contributed by atoms with Gasteiger partial charge in [-0.25, -0.2) is 0 Å². The molecule has 2 rings (SSSR count). The molecule has 1 aromatic carbocycles. The summed E-state index contributed by atoms with van der Waals surface area (Å²) in [4.78, 5) is 0. The van der Waals surface area contributed by atoms with E-state index in [0.717, 1.165) is 36.3 Å². The van der Waals surface area contributed by atoms with Crippen LogP contribution in [-0.2, 0) is 4.74 Å². The van der Waals surface area contributed by atoms with Gasteiger partial charge in [0.15, 0.2) is 0 Å². The highest BCUT2D eigenvalue weighted by atomic mass is 16.5. The Kier molecular flexibility index (Phi) is 4.32. The van der Waals surface area contributed by atoms with E-state index < -0.39 is 0 Å². The highest BCUT2D eigenvalue weighted by Gasteiger charge is 2.38. The maximum absolute atomic E-state index is 6.32. The molecule has 1 aliphatic rings. The van der Waals surface area contributed by atoms with Crippen molar-refractivity contribution in [1.82, 2.24) is 0 Å². The first-order valence-electron chi connectivity index (χ1n) is 6.66. The predicted octanol–water partition coefficient (Wildman–Crippen LogP) is 2.66. The van der Waals surface area contributed by atoms with Crippen LogP contribution in [0.1, 0.15) is 37.3 Å². The lowest BCUT2D eigenvalue weighted by Crippen LogP contribution is -2.41. The molecule has 4 nitrogen and oxygen atoms in total. The van der Waals surface area contributed by atoms with Crippen LogP contribution in [0.25, 0.3) is 0 Å². The third kappa shape index (κ3) is 3.01. The number of hydrogen-bond acceptors (Lipinski definition) is 4. The number of methoxy groups -OCH3 is 3. The summed E-state index contributed by atoms with van der Waals surface area (Å²) in [6, 6.07) is 5.72. The summed E-state index contributed by atoms with van der Waals surface area (Å²) < 4.78 is 16.2. The van der Waals surface area contributed by atoms with Gasteiger partial charge in [-0.3, -0.25) is 0 Å². The van der Waals surface area contributed by atoms with Gasteiger partial charge in [-0.1, -0.05) is 0 Å². The number of ether oxygens (including phenoxy) is 3. The van der Waals surface area contributed by atoms with Crippen molar-refractivity contribution in [3.05, 3.63) is 23.8 Å². The maximum atomic E-state index is 6.32. The largest absolute Gasteiger partial charge is 0.497 e. The maximum Gasteiger partial charge on any atom is 0.122 e. The summed E-state index contributed by atoms with van der Waals surface area (Å²) in [5.74, 6) is 1.54. The van der Waals surface area contributed by atoms with Crippen LogP contribution in [0, 0.1) is 0 Å². The van der Waals surface area contributed by atoms with E-state index in [2.05, 4.69) is 0 Å². The van der Waals surface area contributed by atoms with Gasteiger partial charge in [0.25, 0.3) is 0 Å². The molecule has 0 aromatic heterocycles. The molecule has 2 N–H and O–H groups in total. The highest BCUT2D eigenvalue weighted by Crippen LogP contribution is 2.41. The van der Waals surface area contributed by atoms with Crippen LogP contribution in [0.15, 0.2) is 18.2 Å². The molecule has 0 amide bonds. The van der Waals surface area contributed by atoms with E-state index in [0.29, 0.717) is 0 Å². The van der Waals surface area contributed by atoms with Crippen molar-refractivity contribution in [2.24, 2.45) is 5.73 Å². The van der Waals surface area contributed by atoms with E-state index in [-0.39, 0.29) is 11.6 Å². The number of hydrogen-bond donors (Lipinski definition) is 1. The minimum Gasteiger partial charge on any atom is -0.497 e. The van der Waals surface area contributed by atoms with Gasteiger partial charge < -0.3 is 19.9 Å². The average molecular weight is 265 g/mol. The quantitative estimate of drug-likeness (QED) is 0.859. The second kappa shape index (κ2) is 5.80. The zero-order chi connectivity index (χ0) is 13.9. The lowest BCUT2D eigenvalue weighted by molar-refractivity contribution is -0.0817. The molecule has 0 aliphatic heterocycles. The molecular formula is C15H23NO3. The Labute approximate surface area is 114 Å². The molecular weight excluding hydrogens is 242 g/mol. The van der Waals surface area contributed by atoms with Gasteiger partial charge in [-0.15, -0.1) is 0 Å². The van der Waals surface area contributed by atoms with Gasteiger partial charge in [-0.2, -0.15) is 0 Å². The van der Waals surface area contributed by atoms with Crippen molar-refractivity contribution in [3.8, 4) is 11.5 Å². The Hall–Kier alpha value is -1.26. The first-order chi connectivity index (χ1) is 9.12. The van der Waals surface area contributed by atoms with E-state index in [1.807, 2.05) is 18.2 Å². The topological polar surface area (TPSA) is 53.7 Å². The van der Waals surface area contributed by atoms with Crippen molar-refractivity contribution in [2.45, 2.75) is 37.3 Å². The SMILES string of the molecule is COc1cc(OC)cc(C(N)CC2(OC)CCC2)c1. The van der Waals surface area contributed by atoms with E-state index in [4.69, 9.17) is 19.9 Å². The molecule has 0 saturated heterocycles. The van der Waals surface area contributed by atoms with Gasteiger partial charge in [0.1, 0.15) is 11.5 Å². The van der Waals surface area contributed by atoms with Crippen molar-refractivity contribution in [2.75, 3.05) is 21.3 Å². The van der Waals surface area contributed by atoms with Gasteiger partial charge in [0, 0.05) is 19.2 Å². The monoisotopic (exact) mass is 265 g/mol. The zero-order valence-electron chi connectivity index (χ0n) is 11.9. The van der Waals surface area contributed by atoms with Crippen LogP contribution in [0.5, 0.6) is 11.5 Å². The Bertz CT molecular complexity index is 402. The molecule has 1 aliphatic carbocycles. The molecule has 0 heterocycles. The molecule has 19 heavy (non-hydrogen) atoms. The fourth-order valence-electron chi connectivity index (χ4n) is 2.62. The molecule has 4 heteroatoms. The van der Waals surface area contributed by atoms with E-state index in [9.17, 15) is 0 Å². The van der Waals surface area contributed by atoms with Crippen molar-refractivity contribution < 1.29 is 14.2 Å². The first kappa shape index (κ1) is 14.2. The standard InChI is InChI=1S/C15H23NO3/c1-17-12-7-11(8-13(9-12)18-2)14(16)10-15(19-3)5-4-6-15/h7-9,14H,4-6,10,16H2,1-3H3. The van der Waals surface area contributed by atoms with Crippen molar-refractivity contribution in [1.29, 1.82) is 0 Å². The second-order valence-corrected chi connectivity index (χ2v) is 5.20. The van der Waals surface area contributed by atoms with Gasteiger partial charge in [0.2, 0.25) is 0 Å². The lowest BCUT2D eigenvalue weighted by atomic mass is 9.75. The van der Waals surface area contributed by atoms with Gasteiger partial charge in [0.05, 0.1) is 19.8 Å². The predicted molar refractivity (Wildman–Crippen MR) is 74.7 cm³/mol. The van der Waals surface area contributed by atoms with E-state index >= 15 is 0 Å². The third-order valence-electron chi connectivity index (χ3n) is 4.09. The summed E-state index contributed by atoms with van der Waals surface area (Å²) in [5, 5.41) is 0. The van der Waals surface area contributed by atoms with Crippen LogP contribution < -0.4 is 15.2 Å². The van der Waals surface area contributed by atoms with Crippen molar-refractivity contribution in [3.63, 3.8) is 0 Å². The summed E-state index contributed by atoms with van der Waals surface area (Å²) >= 11 is 0. The fourth-order valence-corrected chi connectivity index (χ4v) is 2.62. The zero-order valence-corrected chi connectivity index (χ0v) is 11.9. The van der Waals surface area contributed by atoms with E-state index in [1.54, 1.807) is 21.3 Å². The average Bonchev–Trinajstić information content (AvgIpc) is 2.41. The molecule has 1 fully saturated rings. The van der Waals surface area contributed by atoms with E-state index in [1.165, 1.54) is 6.42 Å². The molecule has 1 saturated carbocycles. The Morgan fingerprint density at radius 2 is 1.68 bits per heavy atom. The highest BCUT2D eigenvalue weighted by molar-refractivity contribution is 5.39. The fraction of sp³-hybridized carbons (Fsp3) is 0.600. The van der Waals surface area contributed by atoms with Crippen LogP contribution >= 0.6 is 0 Å². The molecule has 1 atom stereocenters. The lowest BCUT2D eigenvalue weighted by Gasteiger charge is -2.42. The smallest absolute Gasteiger partial charge is 0.122 e. The second-order valence-electron chi connectivity index (χ2n) is 5.20. The minimum atomic E-state index is -0.0655. The molecule has 0 radical (unpaired) electrons. The van der Waals surface area contributed by atoms with Crippen LogP contribution in [-0.4, -0.2) is 26.9 Å². The number of nitrogens with two attached hydrogens (primary N) is 1. The van der Waals surface area contributed by atoms with Crippen molar-refractivity contribution >= 4 is 0 Å². The van der Waals surface area contributed by atoms with Crippen LogP contribution in [0.2, 0.25) is 0 Å². The summed E-state index contributed by atoms with van der Waals surface area (Å²) in [6.45, 7) is 0. The molecule has 1 aromatic rings. The third-order valence-corrected chi connectivity index (χ3v) is 4.09. The molecule has 0 spiro atoms. The summed E-state index contributed by atoms with van der Waals surface area (Å²) in [6.07, 6.45) is 4.25. The molecule has 1 unspecified atom stereocenters. The van der Waals surface area contributed by atoms with Crippen LogP contribution in [0.3, 0.4) is 0 Å². The summed E-state index contributed by atoms with van der Waals surface area (Å²) in [7, 11) is 5.07. The first-order valence-corrected chi connectivity index (χ1v) is 6.66. The van der Waals surface area contributed by atoms with Gasteiger partial charge in [-0.05, 0) is 43.4 Å². The Morgan fingerprint density at radius 1 is 1.11 bits per heavy atom. The van der Waals surface area contributed by atoms with Crippen LogP contribution in [0.4, 0.5) is 0 Å². The number of rotatable bonds is 6. The number of benzene rings is 1. The Morgan fingerprint density at radius 3 is 2.05 bits per heavy atom. The molecule has 106 valence electrons. The minimum absolute atomic E-state index is 0.0320. The summed E-state index contributed by atoms with van der Waals surface area (Å²) in [5.41, 5.74) is 7.32. The molecule has 0 bridgehead atoms. The normalized spacial score (nSPS) is 18.5. The van der Waals surface area contributed by atoms with Gasteiger partial charge >= 0.3 is 0 Å². The Balaban J connectivity index is 2.15.